The van der Waals surface area contributed by atoms with Crippen molar-refractivity contribution in [1.82, 2.24) is 0 Å². The Morgan fingerprint density at radius 2 is 2.17 bits per heavy atom. The van der Waals surface area contributed by atoms with E-state index in [1.807, 2.05) is 12.2 Å². The highest BCUT2D eigenvalue weighted by Crippen LogP contribution is 2.35. The molecule has 2 aliphatic heterocycles. The lowest BCUT2D eigenvalue weighted by atomic mass is 9.95. The lowest BCUT2D eigenvalue weighted by molar-refractivity contribution is -0.175. The Balaban J connectivity index is 1.43. The fourth-order valence-corrected chi connectivity index (χ4v) is 3.11. The van der Waals surface area contributed by atoms with Crippen LogP contribution in [0.25, 0.3) is 0 Å². The summed E-state index contributed by atoms with van der Waals surface area (Å²) in [6, 6.07) is 0. The molecule has 0 spiro atoms. The molecule has 0 amide bonds. The third-order valence-corrected chi connectivity index (χ3v) is 4.30. The van der Waals surface area contributed by atoms with Gasteiger partial charge in [-0.1, -0.05) is 25.0 Å². The molecule has 4 heteroatoms. The van der Waals surface area contributed by atoms with Crippen molar-refractivity contribution in [2.45, 2.75) is 56.8 Å². The number of esters is 1. The first kappa shape index (κ1) is 12.2. The average Bonchev–Trinajstić information content (AvgIpc) is 3.04. The Bertz CT molecular complexity index is 357. The summed E-state index contributed by atoms with van der Waals surface area (Å²) in [6.07, 6.45) is 9.28. The van der Waals surface area contributed by atoms with Crippen molar-refractivity contribution in [1.29, 1.82) is 0 Å². The van der Waals surface area contributed by atoms with E-state index in [1.165, 1.54) is 12.8 Å². The Hall–Kier alpha value is -0.870. The van der Waals surface area contributed by atoms with Gasteiger partial charge < -0.3 is 14.2 Å². The van der Waals surface area contributed by atoms with Crippen molar-refractivity contribution in [3.8, 4) is 0 Å². The van der Waals surface area contributed by atoms with E-state index in [2.05, 4.69) is 6.92 Å². The van der Waals surface area contributed by atoms with Gasteiger partial charge in [-0.15, -0.1) is 0 Å². The van der Waals surface area contributed by atoms with E-state index < -0.39 is 0 Å². The molecule has 1 aliphatic carbocycles. The zero-order chi connectivity index (χ0) is 12.6. The van der Waals surface area contributed by atoms with E-state index in [0.717, 1.165) is 19.3 Å². The van der Waals surface area contributed by atoms with Crippen molar-refractivity contribution in [3.05, 3.63) is 12.2 Å². The first-order valence-electron chi connectivity index (χ1n) is 6.81. The fraction of sp³-hybridized carbons (Fsp3) is 0.786. The van der Waals surface area contributed by atoms with Gasteiger partial charge in [0.1, 0.15) is 0 Å². The topological polar surface area (TPSA) is 44.8 Å². The molecule has 2 fully saturated rings. The third-order valence-electron chi connectivity index (χ3n) is 4.30. The van der Waals surface area contributed by atoms with Gasteiger partial charge in [0.05, 0.1) is 23.7 Å². The predicted octanol–water partition coefficient (Wildman–Crippen LogP) is 2.18. The summed E-state index contributed by atoms with van der Waals surface area (Å²) in [6.45, 7) is 2.17. The van der Waals surface area contributed by atoms with Crippen molar-refractivity contribution in [2.24, 2.45) is 5.92 Å². The SMILES string of the molecule is CC1(OCOC(=O)C2CC3C=CC2O3)CCCC1. The highest BCUT2D eigenvalue weighted by atomic mass is 16.7. The molecule has 0 aromatic rings. The van der Waals surface area contributed by atoms with Crippen molar-refractivity contribution in [3.63, 3.8) is 0 Å². The second-order valence-electron chi connectivity index (χ2n) is 5.75. The molecule has 4 nitrogen and oxygen atoms in total. The second-order valence-corrected chi connectivity index (χ2v) is 5.75. The van der Waals surface area contributed by atoms with Crippen LogP contribution >= 0.6 is 0 Å². The maximum Gasteiger partial charge on any atom is 0.314 e. The standard InChI is InChI=1S/C14H20O4/c1-14(6-2-3-7-14)17-9-16-13(15)11-8-10-4-5-12(11)18-10/h4-5,10-12H,2-3,6-9H2,1H3. The van der Waals surface area contributed by atoms with Gasteiger partial charge in [-0.2, -0.15) is 0 Å². The number of fused-ring (bicyclic) bond motifs is 2. The molecular formula is C14H20O4. The normalized spacial score (nSPS) is 36.2. The monoisotopic (exact) mass is 252 g/mol. The summed E-state index contributed by atoms with van der Waals surface area (Å²) < 4.78 is 16.5. The predicted molar refractivity (Wildman–Crippen MR) is 64.8 cm³/mol. The fourth-order valence-electron chi connectivity index (χ4n) is 3.11. The lowest BCUT2D eigenvalue weighted by Gasteiger charge is -2.24. The van der Waals surface area contributed by atoms with Crippen LogP contribution in [0, 0.1) is 5.92 Å². The van der Waals surface area contributed by atoms with Crippen LogP contribution in [0.1, 0.15) is 39.0 Å². The number of carbonyl (C=O) groups excluding carboxylic acids is 1. The molecule has 2 heterocycles. The Morgan fingerprint density at radius 3 is 2.78 bits per heavy atom. The molecule has 1 saturated heterocycles. The summed E-state index contributed by atoms with van der Waals surface area (Å²) in [7, 11) is 0. The van der Waals surface area contributed by atoms with Crippen LogP contribution in [-0.4, -0.2) is 30.6 Å². The molecule has 3 atom stereocenters. The molecule has 0 N–H and O–H groups in total. The number of ether oxygens (including phenoxy) is 3. The molecule has 18 heavy (non-hydrogen) atoms. The van der Waals surface area contributed by atoms with Gasteiger partial charge in [0.2, 0.25) is 0 Å². The van der Waals surface area contributed by atoms with Gasteiger partial charge >= 0.3 is 5.97 Å². The smallest absolute Gasteiger partial charge is 0.314 e. The number of hydrogen-bond acceptors (Lipinski definition) is 4. The van der Waals surface area contributed by atoms with Crippen LogP contribution in [0.2, 0.25) is 0 Å². The minimum Gasteiger partial charge on any atom is -0.438 e. The van der Waals surface area contributed by atoms with Crippen LogP contribution in [0.3, 0.4) is 0 Å². The maximum absolute atomic E-state index is 11.9. The zero-order valence-corrected chi connectivity index (χ0v) is 10.8. The number of carbonyl (C=O) groups is 1. The minimum atomic E-state index is -0.187. The molecule has 0 aromatic heterocycles. The minimum absolute atomic E-state index is 0.0763. The van der Waals surface area contributed by atoms with Crippen LogP contribution in [0.5, 0.6) is 0 Å². The first-order chi connectivity index (χ1) is 8.66. The summed E-state index contributed by atoms with van der Waals surface area (Å²) >= 11 is 0. The van der Waals surface area contributed by atoms with Gasteiger partial charge in [-0.25, -0.2) is 0 Å². The maximum atomic E-state index is 11.9. The van der Waals surface area contributed by atoms with Gasteiger partial charge in [0.25, 0.3) is 0 Å². The average molecular weight is 252 g/mol. The van der Waals surface area contributed by atoms with E-state index in [-0.39, 0.29) is 36.5 Å². The summed E-state index contributed by atoms with van der Waals surface area (Å²) in [5, 5.41) is 0. The Morgan fingerprint density at radius 1 is 1.39 bits per heavy atom. The van der Waals surface area contributed by atoms with Crippen molar-refractivity contribution in [2.75, 3.05) is 6.79 Å². The van der Waals surface area contributed by atoms with E-state index in [4.69, 9.17) is 14.2 Å². The van der Waals surface area contributed by atoms with E-state index in [9.17, 15) is 4.79 Å². The van der Waals surface area contributed by atoms with Crippen molar-refractivity contribution >= 4 is 5.97 Å². The molecule has 1 saturated carbocycles. The quantitative estimate of drug-likeness (QED) is 0.437. The van der Waals surface area contributed by atoms with Gasteiger partial charge in [-0.3, -0.25) is 4.79 Å². The summed E-state index contributed by atoms with van der Waals surface area (Å²) in [4.78, 5) is 11.9. The van der Waals surface area contributed by atoms with Crippen LogP contribution in [0.15, 0.2) is 12.2 Å². The molecule has 0 aromatic carbocycles. The molecule has 100 valence electrons. The van der Waals surface area contributed by atoms with Gasteiger partial charge in [-0.05, 0) is 26.2 Å². The van der Waals surface area contributed by atoms with E-state index in [0.29, 0.717) is 0 Å². The molecular weight excluding hydrogens is 232 g/mol. The molecule has 2 bridgehead atoms. The lowest BCUT2D eigenvalue weighted by Crippen LogP contribution is -2.30. The number of rotatable bonds is 4. The van der Waals surface area contributed by atoms with Crippen LogP contribution in [-0.2, 0) is 19.0 Å². The largest absolute Gasteiger partial charge is 0.438 e. The Kier molecular flexibility index (Phi) is 3.16. The van der Waals surface area contributed by atoms with Crippen molar-refractivity contribution < 1.29 is 19.0 Å². The van der Waals surface area contributed by atoms with E-state index >= 15 is 0 Å². The van der Waals surface area contributed by atoms with E-state index in [1.54, 1.807) is 0 Å². The summed E-state index contributed by atoms with van der Waals surface area (Å²) in [5.74, 6) is -0.326. The van der Waals surface area contributed by atoms with Gasteiger partial charge in [0.15, 0.2) is 6.79 Å². The van der Waals surface area contributed by atoms with Crippen LogP contribution in [0.4, 0.5) is 0 Å². The highest BCUT2D eigenvalue weighted by molar-refractivity contribution is 5.74. The molecule has 0 radical (unpaired) electrons. The second kappa shape index (κ2) is 4.67. The van der Waals surface area contributed by atoms with Gasteiger partial charge in [0, 0.05) is 0 Å². The molecule has 3 unspecified atom stereocenters. The molecule has 3 rings (SSSR count). The first-order valence-corrected chi connectivity index (χ1v) is 6.81. The molecule has 3 aliphatic rings. The highest BCUT2D eigenvalue weighted by Gasteiger charge is 2.42. The summed E-state index contributed by atoms with van der Waals surface area (Å²) in [5.41, 5.74) is -0.0919. The number of hydrogen-bond donors (Lipinski definition) is 0. The van der Waals surface area contributed by atoms with Crippen LogP contribution < -0.4 is 0 Å². The Labute approximate surface area is 107 Å². The zero-order valence-electron chi connectivity index (χ0n) is 10.8. The third kappa shape index (κ3) is 2.31.